The fourth-order valence-electron chi connectivity index (χ4n) is 1.50. The maximum atomic E-state index is 11.3. The molecular weight excluding hydrogens is 234 g/mol. The zero-order valence-electron chi connectivity index (χ0n) is 9.18. The third-order valence-electron chi connectivity index (χ3n) is 2.35. The molecule has 0 fully saturated rings. The molecule has 0 radical (unpaired) electrons. The SMILES string of the molecule is Nc1cnc(Nc2nc3ccccc3o2)[nH]c1=O. The van der Waals surface area contributed by atoms with E-state index in [-0.39, 0.29) is 17.7 Å². The summed E-state index contributed by atoms with van der Waals surface area (Å²) in [4.78, 5) is 21.9. The van der Waals surface area contributed by atoms with Crippen LogP contribution in [0.1, 0.15) is 0 Å². The molecule has 0 aliphatic rings. The predicted octanol–water partition coefficient (Wildman–Crippen LogP) is 1.24. The number of para-hydroxylation sites is 2. The molecule has 3 aromatic rings. The number of oxazole rings is 1. The van der Waals surface area contributed by atoms with E-state index >= 15 is 0 Å². The molecule has 0 aliphatic heterocycles. The zero-order valence-corrected chi connectivity index (χ0v) is 9.18. The van der Waals surface area contributed by atoms with Crippen LogP contribution in [0, 0.1) is 0 Å². The van der Waals surface area contributed by atoms with Crippen molar-refractivity contribution >= 4 is 28.8 Å². The molecule has 1 aromatic carbocycles. The first-order valence-electron chi connectivity index (χ1n) is 5.20. The van der Waals surface area contributed by atoms with Gasteiger partial charge in [-0.15, -0.1) is 0 Å². The molecule has 2 heterocycles. The number of nitrogens with zero attached hydrogens (tertiary/aromatic N) is 2. The summed E-state index contributed by atoms with van der Waals surface area (Å²) in [6.07, 6.45) is 1.27. The number of nitrogens with two attached hydrogens (primary N) is 1. The van der Waals surface area contributed by atoms with Gasteiger partial charge in [0.05, 0.1) is 6.20 Å². The van der Waals surface area contributed by atoms with Crippen LogP contribution in [0.2, 0.25) is 0 Å². The number of nitrogen functional groups attached to an aromatic ring is 1. The van der Waals surface area contributed by atoms with Gasteiger partial charge in [0.15, 0.2) is 5.58 Å². The zero-order chi connectivity index (χ0) is 12.5. The second-order valence-electron chi connectivity index (χ2n) is 3.63. The van der Waals surface area contributed by atoms with Crippen molar-refractivity contribution < 1.29 is 4.42 Å². The third kappa shape index (κ3) is 1.77. The minimum atomic E-state index is -0.413. The van der Waals surface area contributed by atoms with E-state index in [1.54, 1.807) is 6.07 Å². The number of aromatic amines is 1. The minimum absolute atomic E-state index is 0.0538. The summed E-state index contributed by atoms with van der Waals surface area (Å²) in [5.41, 5.74) is 6.38. The molecule has 0 saturated heterocycles. The number of nitrogens with one attached hydrogen (secondary N) is 2. The van der Waals surface area contributed by atoms with Gasteiger partial charge in [-0.2, -0.15) is 4.98 Å². The number of hydrogen-bond donors (Lipinski definition) is 3. The van der Waals surface area contributed by atoms with Gasteiger partial charge in [-0.25, -0.2) is 4.98 Å². The lowest BCUT2D eigenvalue weighted by Crippen LogP contribution is -2.14. The van der Waals surface area contributed by atoms with E-state index in [0.29, 0.717) is 5.58 Å². The molecule has 90 valence electrons. The molecule has 0 spiro atoms. The van der Waals surface area contributed by atoms with Crippen LogP contribution in [0.25, 0.3) is 11.1 Å². The fourth-order valence-corrected chi connectivity index (χ4v) is 1.50. The first kappa shape index (κ1) is 10.3. The molecule has 7 nitrogen and oxygen atoms in total. The highest BCUT2D eigenvalue weighted by molar-refractivity contribution is 5.74. The van der Waals surface area contributed by atoms with Gasteiger partial charge >= 0.3 is 6.01 Å². The highest BCUT2D eigenvalue weighted by atomic mass is 16.4. The van der Waals surface area contributed by atoms with Gasteiger partial charge in [-0.05, 0) is 12.1 Å². The summed E-state index contributed by atoms with van der Waals surface area (Å²) < 4.78 is 5.43. The van der Waals surface area contributed by atoms with Gasteiger partial charge in [0.25, 0.3) is 5.56 Å². The molecule has 4 N–H and O–H groups in total. The van der Waals surface area contributed by atoms with Gasteiger partial charge in [-0.3, -0.25) is 15.1 Å². The summed E-state index contributed by atoms with van der Waals surface area (Å²) in [6.45, 7) is 0. The number of rotatable bonds is 2. The Morgan fingerprint density at radius 1 is 1.33 bits per heavy atom. The van der Waals surface area contributed by atoms with Crippen LogP contribution in [-0.2, 0) is 0 Å². The van der Waals surface area contributed by atoms with Crippen LogP contribution in [0.4, 0.5) is 17.7 Å². The summed E-state index contributed by atoms with van der Waals surface area (Å²) in [5, 5.41) is 2.76. The maximum absolute atomic E-state index is 11.3. The van der Waals surface area contributed by atoms with Crippen LogP contribution >= 0.6 is 0 Å². The molecule has 2 aromatic heterocycles. The second kappa shape index (κ2) is 3.88. The molecule has 7 heteroatoms. The molecular formula is C11H9N5O2. The van der Waals surface area contributed by atoms with Crippen molar-refractivity contribution in [2.45, 2.75) is 0 Å². The molecule has 0 amide bonds. The Balaban J connectivity index is 1.96. The number of hydrogen-bond acceptors (Lipinski definition) is 6. The van der Waals surface area contributed by atoms with Crippen LogP contribution in [0.3, 0.4) is 0 Å². The van der Waals surface area contributed by atoms with Crippen LogP contribution < -0.4 is 16.6 Å². The monoisotopic (exact) mass is 243 g/mol. The average Bonchev–Trinajstić information content (AvgIpc) is 2.76. The Bertz CT molecular complexity index is 728. The van der Waals surface area contributed by atoms with Gasteiger partial charge in [0, 0.05) is 0 Å². The van der Waals surface area contributed by atoms with Gasteiger partial charge in [0.2, 0.25) is 5.95 Å². The molecule has 0 bridgehead atoms. The van der Waals surface area contributed by atoms with E-state index in [0.717, 1.165) is 5.52 Å². The van der Waals surface area contributed by atoms with E-state index in [2.05, 4.69) is 20.3 Å². The number of H-pyrrole nitrogens is 1. The van der Waals surface area contributed by atoms with E-state index in [9.17, 15) is 4.79 Å². The number of benzene rings is 1. The average molecular weight is 243 g/mol. The first-order chi connectivity index (χ1) is 8.72. The van der Waals surface area contributed by atoms with Crippen molar-refractivity contribution in [3.8, 4) is 0 Å². The van der Waals surface area contributed by atoms with Crippen molar-refractivity contribution in [2.75, 3.05) is 11.1 Å². The predicted molar refractivity (Wildman–Crippen MR) is 66.6 cm³/mol. The van der Waals surface area contributed by atoms with Crippen molar-refractivity contribution in [1.29, 1.82) is 0 Å². The van der Waals surface area contributed by atoms with Gasteiger partial charge in [-0.1, -0.05) is 12.1 Å². The number of aromatic nitrogens is 3. The van der Waals surface area contributed by atoms with Gasteiger partial charge in [0.1, 0.15) is 11.2 Å². The van der Waals surface area contributed by atoms with Crippen LogP contribution in [0.15, 0.2) is 39.7 Å². The lowest BCUT2D eigenvalue weighted by molar-refractivity contribution is 0.621. The molecule has 0 aliphatic carbocycles. The normalized spacial score (nSPS) is 10.7. The largest absolute Gasteiger partial charge is 0.423 e. The van der Waals surface area contributed by atoms with Crippen molar-refractivity contribution in [2.24, 2.45) is 0 Å². The van der Waals surface area contributed by atoms with E-state index in [4.69, 9.17) is 10.2 Å². The van der Waals surface area contributed by atoms with E-state index in [1.807, 2.05) is 18.2 Å². The summed E-state index contributed by atoms with van der Waals surface area (Å²) in [6, 6.07) is 7.58. The molecule has 0 atom stereocenters. The Kier molecular flexibility index (Phi) is 2.23. The summed E-state index contributed by atoms with van der Waals surface area (Å²) >= 11 is 0. The fraction of sp³-hybridized carbons (Fsp3) is 0. The maximum Gasteiger partial charge on any atom is 0.302 e. The standard InChI is InChI=1S/C11H9N5O2/c12-6-5-13-10(15-9(6)17)16-11-14-7-3-1-2-4-8(7)18-11/h1-5H,12H2,(H2,13,14,15,16,17). The topological polar surface area (TPSA) is 110 Å². The Morgan fingerprint density at radius 3 is 2.94 bits per heavy atom. The van der Waals surface area contributed by atoms with E-state index < -0.39 is 5.56 Å². The lowest BCUT2D eigenvalue weighted by atomic mass is 10.3. The van der Waals surface area contributed by atoms with E-state index in [1.165, 1.54) is 6.20 Å². The minimum Gasteiger partial charge on any atom is -0.423 e. The lowest BCUT2D eigenvalue weighted by Gasteiger charge is -1.99. The van der Waals surface area contributed by atoms with Crippen LogP contribution in [-0.4, -0.2) is 15.0 Å². The molecule has 3 rings (SSSR count). The second-order valence-corrected chi connectivity index (χ2v) is 3.63. The van der Waals surface area contributed by atoms with Gasteiger partial charge < -0.3 is 10.2 Å². The Hall–Kier alpha value is -2.83. The molecule has 0 unspecified atom stereocenters. The highest BCUT2D eigenvalue weighted by Crippen LogP contribution is 2.19. The molecule has 18 heavy (non-hydrogen) atoms. The Labute approximate surface area is 101 Å². The quantitative estimate of drug-likeness (QED) is 0.624. The Morgan fingerprint density at radius 2 is 2.17 bits per heavy atom. The smallest absolute Gasteiger partial charge is 0.302 e. The highest BCUT2D eigenvalue weighted by Gasteiger charge is 2.06. The summed E-state index contributed by atoms with van der Waals surface area (Å²) in [7, 11) is 0. The van der Waals surface area contributed by atoms with Crippen molar-refractivity contribution in [3.63, 3.8) is 0 Å². The third-order valence-corrected chi connectivity index (χ3v) is 2.35. The number of fused-ring (bicyclic) bond motifs is 1. The van der Waals surface area contributed by atoms with Crippen molar-refractivity contribution in [3.05, 3.63) is 40.8 Å². The molecule has 0 saturated carbocycles. The summed E-state index contributed by atoms with van der Waals surface area (Å²) in [5.74, 6) is 0.223. The van der Waals surface area contributed by atoms with Crippen molar-refractivity contribution in [1.82, 2.24) is 15.0 Å². The number of anilines is 3. The van der Waals surface area contributed by atoms with Crippen LogP contribution in [0.5, 0.6) is 0 Å². The first-order valence-corrected chi connectivity index (χ1v) is 5.20.